The highest BCUT2D eigenvalue weighted by atomic mass is 19.1. The zero-order chi connectivity index (χ0) is 13.4. The molecule has 0 unspecified atom stereocenters. The Morgan fingerprint density at radius 2 is 2.06 bits per heavy atom. The Labute approximate surface area is 104 Å². The SMILES string of the molecule is Cc1nn(C)c(C)c1-c1cccc(C(=O)O)c1F. The van der Waals surface area contributed by atoms with Crippen LogP contribution in [0.5, 0.6) is 0 Å². The summed E-state index contributed by atoms with van der Waals surface area (Å²) in [5.74, 6) is -1.99. The maximum absolute atomic E-state index is 14.2. The number of aryl methyl sites for hydroxylation is 2. The second-order valence-electron chi connectivity index (χ2n) is 4.14. The van der Waals surface area contributed by atoms with E-state index in [4.69, 9.17) is 5.11 Å². The Balaban J connectivity index is 2.72. The molecular formula is C13H13FN2O2. The summed E-state index contributed by atoms with van der Waals surface area (Å²) >= 11 is 0. The van der Waals surface area contributed by atoms with Crippen molar-refractivity contribution in [2.45, 2.75) is 13.8 Å². The van der Waals surface area contributed by atoms with Gasteiger partial charge in [-0.3, -0.25) is 4.68 Å². The van der Waals surface area contributed by atoms with Crippen LogP contribution in [0, 0.1) is 19.7 Å². The van der Waals surface area contributed by atoms with Crippen LogP contribution < -0.4 is 0 Å². The lowest BCUT2D eigenvalue weighted by molar-refractivity contribution is 0.0692. The molecule has 0 amide bonds. The van der Waals surface area contributed by atoms with Crippen molar-refractivity contribution in [2.75, 3.05) is 0 Å². The molecule has 0 fully saturated rings. The largest absolute Gasteiger partial charge is 0.478 e. The molecule has 2 rings (SSSR count). The van der Waals surface area contributed by atoms with Crippen molar-refractivity contribution in [1.29, 1.82) is 0 Å². The summed E-state index contributed by atoms with van der Waals surface area (Å²) in [6.45, 7) is 3.59. The quantitative estimate of drug-likeness (QED) is 0.888. The second kappa shape index (κ2) is 4.25. The highest BCUT2D eigenvalue weighted by Crippen LogP contribution is 2.30. The topological polar surface area (TPSA) is 55.1 Å². The fourth-order valence-corrected chi connectivity index (χ4v) is 2.05. The first-order valence-electron chi connectivity index (χ1n) is 5.46. The molecule has 0 saturated carbocycles. The molecule has 0 saturated heterocycles. The standard InChI is InChI=1S/C13H13FN2O2/c1-7-11(8(2)16(3)15-7)9-5-4-6-10(12(9)14)13(17)18/h4-6H,1-3H3,(H,17,18). The summed E-state index contributed by atoms with van der Waals surface area (Å²) in [7, 11) is 1.77. The summed E-state index contributed by atoms with van der Waals surface area (Å²) in [5, 5.41) is 13.1. The minimum Gasteiger partial charge on any atom is -0.478 e. The molecule has 0 atom stereocenters. The molecule has 0 spiro atoms. The molecule has 4 nitrogen and oxygen atoms in total. The lowest BCUT2D eigenvalue weighted by atomic mass is 10.0. The summed E-state index contributed by atoms with van der Waals surface area (Å²) < 4.78 is 15.8. The molecule has 0 bridgehead atoms. The number of nitrogens with zero attached hydrogens (tertiary/aromatic N) is 2. The van der Waals surface area contributed by atoms with Crippen LogP contribution in [0.3, 0.4) is 0 Å². The van der Waals surface area contributed by atoms with Gasteiger partial charge in [-0.05, 0) is 19.9 Å². The third-order valence-corrected chi connectivity index (χ3v) is 3.01. The van der Waals surface area contributed by atoms with Crippen LogP contribution in [0.4, 0.5) is 4.39 Å². The van der Waals surface area contributed by atoms with Gasteiger partial charge in [0.2, 0.25) is 0 Å². The van der Waals surface area contributed by atoms with E-state index in [-0.39, 0.29) is 11.1 Å². The molecule has 1 N–H and O–H groups in total. The van der Waals surface area contributed by atoms with E-state index in [9.17, 15) is 9.18 Å². The molecule has 0 radical (unpaired) electrons. The minimum absolute atomic E-state index is 0.276. The Bertz CT molecular complexity index is 632. The van der Waals surface area contributed by atoms with Gasteiger partial charge >= 0.3 is 5.97 Å². The molecule has 94 valence electrons. The number of carbonyl (C=O) groups is 1. The average Bonchev–Trinajstić information content (AvgIpc) is 2.54. The van der Waals surface area contributed by atoms with Crippen LogP contribution in [-0.2, 0) is 7.05 Å². The van der Waals surface area contributed by atoms with Crippen LogP contribution >= 0.6 is 0 Å². The summed E-state index contributed by atoms with van der Waals surface area (Å²) in [6, 6.07) is 4.36. The van der Waals surface area contributed by atoms with Gasteiger partial charge < -0.3 is 5.11 Å². The maximum atomic E-state index is 14.2. The van der Waals surface area contributed by atoms with Crippen LogP contribution in [0.2, 0.25) is 0 Å². The van der Waals surface area contributed by atoms with E-state index in [2.05, 4.69) is 5.10 Å². The van der Waals surface area contributed by atoms with Gasteiger partial charge in [-0.2, -0.15) is 5.10 Å². The first-order valence-corrected chi connectivity index (χ1v) is 5.46. The molecule has 0 aliphatic heterocycles. The summed E-state index contributed by atoms with van der Waals surface area (Å²) in [4.78, 5) is 10.9. The fraction of sp³-hybridized carbons (Fsp3) is 0.231. The van der Waals surface area contributed by atoms with Crippen LogP contribution in [0.15, 0.2) is 18.2 Å². The van der Waals surface area contributed by atoms with Crippen molar-refractivity contribution >= 4 is 5.97 Å². The van der Waals surface area contributed by atoms with E-state index in [0.29, 0.717) is 11.3 Å². The monoisotopic (exact) mass is 248 g/mol. The number of aromatic carboxylic acids is 1. The Morgan fingerprint density at radius 3 is 2.56 bits per heavy atom. The third-order valence-electron chi connectivity index (χ3n) is 3.01. The van der Waals surface area contributed by atoms with Gasteiger partial charge in [-0.15, -0.1) is 0 Å². The van der Waals surface area contributed by atoms with E-state index in [0.717, 1.165) is 5.69 Å². The minimum atomic E-state index is -1.27. The Hall–Kier alpha value is -2.17. The Morgan fingerprint density at radius 1 is 1.39 bits per heavy atom. The van der Waals surface area contributed by atoms with Crippen molar-refractivity contribution in [3.05, 3.63) is 41.0 Å². The van der Waals surface area contributed by atoms with Crippen LogP contribution in [0.1, 0.15) is 21.7 Å². The second-order valence-corrected chi connectivity index (χ2v) is 4.14. The van der Waals surface area contributed by atoms with Crippen LogP contribution in [0.25, 0.3) is 11.1 Å². The molecule has 1 heterocycles. The highest BCUT2D eigenvalue weighted by molar-refractivity contribution is 5.90. The lowest BCUT2D eigenvalue weighted by Crippen LogP contribution is -2.02. The Kier molecular flexibility index (Phi) is 2.90. The van der Waals surface area contributed by atoms with Gasteiger partial charge in [0, 0.05) is 23.9 Å². The molecule has 5 heteroatoms. The zero-order valence-corrected chi connectivity index (χ0v) is 10.4. The van der Waals surface area contributed by atoms with Gasteiger partial charge in [-0.1, -0.05) is 12.1 Å². The van der Waals surface area contributed by atoms with Gasteiger partial charge in [0.05, 0.1) is 11.3 Å². The first-order chi connectivity index (χ1) is 8.43. The number of benzene rings is 1. The van der Waals surface area contributed by atoms with Crippen molar-refractivity contribution in [3.63, 3.8) is 0 Å². The summed E-state index contributed by atoms with van der Waals surface area (Å²) in [6.07, 6.45) is 0. The average molecular weight is 248 g/mol. The van der Waals surface area contributed by atoms with E-state index >= 15 is 0 Å². The lowest BCUT2D eigenvalue weighted by Gasteiger charge is -2.06. The maximum Gasteiger partial charge on any atom is 0.338 e. The first kappa shape index (κ1) is 12.3. The number of carboxylic acids is 1. The van der Waals surface area contributed by atoms with Gasteiger partial charge in [-0.25, -0.2) is 9.18 Å². The van der Waals surface area contributed by atoms with Crippen LogP contribution in [-0.4, -0.2) is 20.9 Å². The number of rotatable bonds is 2. The highest BCUT2D eigenvalue weighted by Gasteiger charge is 2.19. The van der Waals surface area contributed by atoms with Gasteiger partial charge in [0.15, 0.2) is 0 Å². The molecule has 1 aromatic carbocycles. The smallest absolute Gasteiger partial charge is 0.338 e. The predicted octanol–water partition coefficient (Wildman–Crippen LogP) is 2.54. The molecule has 0 aliphatic carbocycles. The zero-order valence-electron chi connectivity index (χ0n) is 10.4. The number of hydrogen-bond acceptors (Lipinski definition) is 2. The number of carboxylic acid groups (broad SMARTS) is 1. The molecule has 1 aromatic heterocycles. The molecular weight excluding hydrogens is 235 g/mol. The normalized spacial score (nSPS) is 10.7. The number of halogens is 1. The third kappa shape index (κ3) is 1.77. The van der Waals surface area contributed by atoms with Crippen molar-refractivity contribution < 1.29 is 14.3 Å². The van der Waals surface area contributed by atoms with E-state index in [1.54, 1.807) is 24.7 Å². The van der Waals surface area contributed by atoms with Crippen molar-refractivity contribution in [3.8, 4) is 11.1 Å². The molecule has 0 aliphatic rings. The van der Waals surface area contributed by atoms with Gasteiger partial charge in [0.25, 0.3) is 0 Å². The number of hydrogen-bond donors (Lipinski definition) is 1. The van der Waals surface area contributed by atoms with E-state index < -0.39 is 11.8 Å². The van der Waals surface area contributed by atoms with Crippen molar-refractivity contribution in [2.24, 2.45) is 7.05 Å². The van der Waals surface area contributed by atoms with E-state index in [1.807, 2.05) is 6.92 Å². The molecule has 18 heavy (non-hydrogen) atoms. The van der Waals surface area contributed by atoms with E-state index in [1.165, 1.54) is 12.1 Å². The number of aromatic nitrogens is 2. The van der Waals surface area contributed by atoms with Gasteiger partial charge in [0.1, 0.15) is 5.82 Å². The van der Waals surface area contributed by atoms with Crippen molar-refractivity contribution in [1.82, 2.24) is 9.78 Å². The summed E-state index contributed by atoms with van der Waals surface area (Å²) in [5.41, 5.74) is 2.08. The fourth-order valence-electron chi connectivity index (χ4n) is 2.05. The predicted molar refractivity (Wildman–Crippen MR) is 65.0 cm³/mol. The molecule has 2 aromatic rings.